The molecule has 2 aromatic heterocycles. The van der Waals surface area contributed by atoms with Crippen LogP contribution >= 0.6 is 0 Å². The van der Waals surface area contributed by atoms with Gasteiger partial charge in [0.25, 0.3) is 5.56 Å². The molecule has 2 atom stereocenters. The van der Waals surface area contributed by atoms with Crippen molar-refractivity contribution in [1.29, 1.82) is 0 Å². The zero-order valence-electron chi connectivity index (χ0n) is 16.6. The highest BCUT2D eigenvalue weighted by Crippen LogP contribution is 2.27. The molecule has 0 aromatic carbocycles. The maximum absolute atomic E-state index is 12.5. The van der Waals surface area contributed by atoms with Crippen LogP contribution in [0, 0.1) is 0 Å². The topological polar surface area (TPSA) is 120 Å². The number of ether oxygens (including phenoxy) is 1. The maximum Gasteiger partial charge on any atom is 0.410 e. The van der Waals surface area contributed by atoms with E-state index in [-0.39, 0.29) is 29.4 Å². The predicted molar refractivity (Wildman–Crippen MR) is 102 cm³/mol. The molecule has 0 bridgehead atoms. The first-order chi connectivity index (χ1) is 13.0. The van der Waals surface area contributed by atoms with Gasteiger partial charge in [-0.1, -0.05) is 0 Å². The third-order valence-corrected chi connectivity index (χ3v) is 4.58. The molecule has 0 unspecified atom stereocenters. The van der Waals surface area contributed by atoms with Crippen LogP contribution in [0.4, 0.5) is 10.5 Å². The quantitative estimate of drug-likeness (QED) is 0.797. The van der Waals surface area contributed by atoms with Crippen molar-refractivity contribution in [1.82, 2.24) is 19.5 Å². The molecule has 0 spiro atoms. The van der Waals surface area contributed by atoms with E-state index in [9.17, 15) is 19.5 Å². The number of aromatic amines is 1. The third-order valence-electron chi connectivity index (χ3n) is 4.58. The van der Waals surface area contributed by atoms with Crippen molar-refractivity contribution >= 4 is 23.4 Å². The van der Waals surface area contributed by atoms with Crippen molar-refractivity contribution in [3.63, 3.8) is 0 Å². The van der Waals surface area contributed by atoms with Crippen molar-refractivity contribution in [2.75, 3.05) is 18.0 Å². The summed E-state index contributed by atoms with van der Waals surface area (Å²) in [5.41, 5.74) is -0.234. The zero-order valence-corrected chi connectivity index (χ0v) is 16.6. The van der Waals surface area contributed by atoms with E-state index in [0.29, 0.717) is 24.4 Å². The average molecular weight is 391 g/mol. The van der Waals surface area contributed by atoms with E-state index >= 15 is 0 Å². The number of hydrogen-bond acceptors (Lipinski definition) is 6. The smallest absolute Gasteiger partial charge is 0.410 e. The van der Waals surface area contributed by atoms with Gasteiger partial charge in [-0.25, -0.2) is 19.1 Å². The first kappa shape index (κ1) is 19.7. The van der Waals surface area contributed by atoms with Crippen molar-refractivity contribution in [3.8, 4) is 0 Å². The van der Waals surface area contributed by atoms with Gasteiger partial charge in [0.05, 0.1) is 11.9 Å². The van der Waals surface area contributed by atoms with Crippen LogP contribution in [0.3, 0.4) is 0 Å². The molecule has 0 aliphatic carbocycles. The van der Waals surface area contributed by atoms with Gasteiger partial charge in [0.15, 0.2) is 11.3 Å². The molecule has 0 saturated carbocycles. The van der Waals surface area contributed by atoms with E-state index < -0.39 is 11.6 Å². The molecule has 1 aliphatic heterocycles. The van der Waals surface area contributed by atoms with Crippen molar-refractivity contribution < 1.29 is 19.4 Å². The number of fused-ring (bicyclic) bond motifs is 1. The highest BCUT2D eigenvalue weighted by Gasteiger charge is 2.35. The maximum atomic E-state index is 12.5. The lowest BCUT2D eigenvalue weighted by atomic mass is 10.1. The number of amides is 1. The molecule has 152 valence electrons. The van der Waals surface area contributed by atoms with Crippen LogP contribution in [0.2, 0.25) is 0 Å². The van der Waals surface area contributed by atoms with Crippen molar-refractivity contribution in [2.24, 2.45) is 0 Å². The lowest BCUT2D eigenvalue weighted by Crippen LogP contribution is -2.59. The fraction of sp³-hybridized carbons (Fsp3) is 0.556. The first-order valence-corrected chi connectivity index (χ1v) is 9.08. The predicted octanol–water partition coefficient (Wildman–Crippen LogP) is 1.55. The number of carboxylic acid groups (broad SMARTS) is 1. The number of nitrogens with one attached hydrogen (secondary N) is 1. The number of nitrogens with zero attached hydrogens (tertiary/aromatic N) is 4. The number of hydrogen-bond donors (Lipinski definition) is 2. The lowest BCUT2D eigenvalue weighted by Gasteiger charge is -2.45. The second-order valence-corrected chi connectivity index (χ2v) is 8.11. The number of H-pyrrole nitrogens is 1. The Kier molecular flexibility index (Phi) is 4.82. The Morgan fingerprint density at radius 2 is 1.93 bits per heavy atom. The minimum absolute atomic E-state index is 0.126. The Balaban J connectivity index is 1.93. The molecule has 2 aromatic rings. The molecule has 1 amide bonds. The van der Waals surface area contributed by atoms with Crippen LogP contribution in [-0.4, -0.2) is 67.4 Å². The molecular formula is C18H25N5O5. The molecular weight excluding hydrogens is 366 g/mol. The minimum atomic E-state index is -1.17. The van der Waals surface area contributed by atoms with Gasteiger partial charge in [-0.2, -0.15) is 0 Å². The van der Waals surface area contributed by atoms with E-state index in [1.807, 2.05) is 39.5 Å². The van der Waals surface area contributed by atoms with Gasteiger partial charge in [-0.05, 0) is 34.6 Å². The second kappa shape index (κ2) is 6.84. The molecule has 1 fully saturated rings. The number of carboxylic acids is 1. The number of imidazole rings is 1. The van der Waals surface area contributed by atoms with E-state index in [0.717, 1.165) is 0 Å². The Labute approximate surface area is 161 Å². The number of carbonyl (C=O) groups is 2. The summed E-state index contributed by atoms with van der Waals surface area (Å²) in [5, 5.41) is 11.7. The number of carbonyl (C=O) groups excluding carboxylic acids is 1. The fourth-order valence-electron chi connectivity index (χ4n) is 3.34. The summed E-state index contributed by atoms with van der Waals surface area (Å²) < 4.78 is 6.81. The molecule has 3 heterocycles. The minimum Gasteiger partial charge on any atom is -0.476 e. The summed E-state index contributed by atoms with van der Waals surface area (Å²) >= 11 is 0. The van der Waals surface area contributed by atoms with Gasteiger partial charge in [-0.3, -0.25) is 9.89 Å². The van der Waals surface area contributed by atoms with E-state index in [1.165, 1.54) is 16.8 Å². The number of anilines is 1. The van der Waals surface area contributed by atoms with Gasteiger partial charge in [-0.15, -0.1) is 0 Å². The summed E-state index contributed by atoms with van der Waals surface area (Å²) in [5.74, 6) is -1.17. The summed E-state index contributed by atoms with van der Waals surface area (Å²) in [6.07, 6.45) is 0.893. The van der Waals surface area contributed by atoms with E-state index in [1.54, 1.807) is 4.90 Å². The molecule has 1 aliphatic rings. The molecule has 1 saturated heterocycles. The number of rotatable bonds is 2. The second-order valence-electron chi connectivity index (χ2n) is 8.11. The monoisotopic (exact) mass is 391 g/mol. The van der Waals surface area contributed by atoms with Crippen LogP contribution in [0.15, 0.2) is 17.1 Å². The molecule has 3 rings (SSSR count). The van der Waals surface area contributed by atoms with Gasteiger partial charge in [0.2, 0.25) is 0 Å². The van der Waals surface area contributed by atoms with Crippen LogP contribution in [-0.2, 0) is 4.74 Å². The van der Waals surface area contributed by atoms with Crippen molar-refractivity contribution in [3.05, 3.63) is 28.3 Å². The number of aromatic carboxylic acids is 1. The standard InChI is InChI=1S/C18H25N5O5/c1-10-8-22(17(27)28-18(3,4)5)11(2)7-21(10)13-6-14(24)20-23-9-12(16(25)26)19-15(13)23/h6,9-11H,7-8H2,1-5H3,(H,20,24)(H,25,26)/t10-,11+/m0/s1. The molecule has 28 heavy (non-hydrogen) atoms. The average Bonchev–Trinajstić information content (AvgIpc) is 2.98. The number of aromatic nitrogens is 3. The Hall–Kier alpha value is -3.04. The van der Waals surface area contributed by atoms with Gasteiger partial charge in [0.1, 0.15) is 5.60 Å². The van der Waals surface area contributed by atoms with Crippen LogP contribution in [0.1, 0.15) is 45.1 Å². The Bertz CT molecular complexity index is 973. The van der Waals surface area contributed by atoms with Gasteiger partial charge >= 0.3 is 12.1 Å². The molecule has 2 N–H and O–H groups in total. The summed E-state index contributed by atoms with van der Waals surface area (Å²) in [6, 6.07) is 1.11. The lowest BCUT2D eigenvalue weighted by molar-refractivity contribution is 0.0130. The highest BCUT2D eigenvalue weighted by atomic mass is 16.6. The fourth-order valence-corrected chi connectivity index (χ4v) is 3.34. The largest absolute Gasteiger partial charge is 0.476 e. The molecule has 0 radical (unpaired) electrons. The normalized spacial score (nSPS) is 20.5. The number of piperazine rings is 1. The van der Waals surface area contributed by atoms with Gasteiger partial charge < -0.3 is 19.6 Å². The highest BCUT2D eigenvalue weighted by molar-refractivity contribution is 5.87. The molecule has 10 nitrogen and oxygen atoms in total. The van der Waals surface area contributed by atoms with Crippen LogP contribution in [0.25, 0.3) is 5.65 Å². The van der Waals surface area contributed by atoms with Crippen molar-refractivity contribution in [2.45, 2.75) is 52.3 Å². The molecule has 10 heteroatoms. The van der Waals surface area contributed by atoms with Crippen LogP contribution < -0.4 is 10.5 Å². The third kappa shape index (κ3) is 3.80. The zero-order chi connectivity index (χ0) is 20.8. The van der Waals surface area contributed by atoms with E-state index in [2.05, 4.69) is 10.1 Å². The van der Waals surface area contributed by atoms with Gasteiger partial charge in [0, 0.05) is 31.2 Å². The van der Waals surface area contributed by atoms with E-state index in [4.69, 9.17) is 4.74 Å². The summed E-state index contributed by atoms with van der Waals surface area (Å²) in [4.78, 5) is 43.6. The summed E-state index contributed by atoms with van der Waals surface area (Å²) in [7, 11) is 0. The SMILES string of the molecule is C[C@@H]1CN(c2cc(=O)[nH]n3cc(C(=O)O)nc23)[C@@H](C)CN1C(=O)OC(C)(C)C. The van der Waals surface area contributed by atoms with Crippen LogP contribution in [0.5, 0.6) is 0 Å². The Morgan fingerprint density at radius 3 is 2.54 bits per heavy atom. The first-order valence-electron chi connectivity index (χ1n) is 9.08. The Morgan fingerprint density at radius 1 is 1.25 bits per heavy atom. The summed E-state index contributed by atoms with van der Waals surface area (Å²) in [6.45, 7) is 10.2.